The van der Waals surface area contributed by atoms with Crippen molar-refractivity contribution in [1.29, 1.82) is 0 Å². The number of hydrogen-bond acceptors (Lipinski definition) is 2. The number of benzene rings is 1. The van der Waals surface area contributed by atoms with E-state index in [1.807, 2.05) is 6.07 Å². The van der Waals surface area contributed by atoms with Crippen LogP contribution in [-0.2, 0) is 0 Å². The number of aliphatic hydroxyl groups is 1. The Bertz CT molecular complexity index is 644. The fraction of sp³-hybridized carbons (Fsp3) is 0.600. The van der Waals surface area contributed by atoms with Crippen molar-refractivity contribution in [3.63, 3.8) is 0 Å². The van der Waals surface area contributed by atoms with Gasteiger partial charge < -0.3 is 10.2 Å². The van der Waals surface area contributed by atoms with Gasteiger partial charge in [-0.2, -0.15) is 0 Å². The van der Waals surface area contributed by atoms with Crippen LogP contribution in [0.15, 0.2) is 18.2 Å². The molecule has 116 valence electrons. The van der Waals surface area contributed by atoms with Crippen molar-refractivity contribution in [2.45, 2.75) is 51.0 Å². The molecule has 2 heteroatoms. The van der Waals surface area contributed by atoms with Crippen molar-refractivity contribution in [3.05, 3.63) is 29.3 Å². The highest BCUT2D eigenvalue weighted by molar-refractivity contribution is 5.41. The van der Waals surface area contributed by atoms with Crippen molar-refractivity contribution in [1.82, 2.24) is 0 Å². The van der Waals surface area contributed by atoms with Crippen molar-refractivity contribution in [2.75, 3.05) is 0 Å². The Labute approximate surface area is 132 Å². The van der Waals surface area contributed by atoms with Gasteiger partial charge in [-0.25, -0.2) is 0 Å². The van der Waals surface area contributed by atoms with Gasteiger partial charge in [-0.1, -0.05) is 13.0 Å². The SMILES string of the molecule is C#CC1CCC2C3CC(O)c4cc(O)ccc4C3CCC12C. The molecule has 1 aromatic carbocycles. The minimum atomic E-state index is -0.449. The van der Waals surface area contributed by atoms with Gasteiger partial charge >= 0.3 is 0 Å². The molecule has 6 atom stereocenters. The molecule has 6 unspecified atom stereocenters. The Morgan fingerprint density at radius 1 is 1.23 bits per heavy atom. The van der Waals surface area contributed by atoms with Gasteiger partial charge in [0.05, 0.1) is 6.10 Å². The largest absolute Gasteiger partial charge is 0.508 e. The summed E-state index contributed by atoms with van der Waals surface area (Å²) in [6, 6.07) is 5.55. The quantitative estimate of drug-likeness (QED) is 0.711. The molecule has 0 bridgehead atoms. The second-order valence-electron chi connectivity index (χ2n) is 7.78. The zero-order chi connectivity index (χ0) is 15.5. The first-order chi connectivity index (χ1) is 10.5. The normalized spacial score (nSPS) is 42.9. The van der Waals surface area contributed by atoms with Crippen LogP contribution in [0, 0.1) is 35.5 Å². The molecule has 0 heterocycles. The maximum atomic E-state index is 10.6. The van der Waals surface area contributed by atoms with E-state index in [0.717, 1.165) is 24.8 Å². The van der Waals surface area contributed by atoms with E-state index in [9.17, 15) is 10.2 Å². The second kappa shape index (κ2) is 4.77. The summed E-state index contributed by atoms with van der Waals surface area (Å²) in [7, 11) is 0. The van der Waals surface area contributed by atoms with Crippen LogP contribution in [0.5, 0.6) is 5.75 Å². The van der Waals surface area contributed by atoms with Crippen LogP contribution in [0.4, 0.5) is 0 Å². The van der Waals surface area contributed by atoms with Gasteiger partial charge in [0.2, 0.25) is 0 Å². The van der Waals surface area contributed by atoms with Gasteiger partial charge in [0.25, 0.3) is 0 Å². The zero-order valence-corrected chi connectivity index (χ0v) is 13.1. The van der Waals surface area contributed by atoms with E-state index in [2.05, 4.69) is 12.8 Å². The summed E-state index contributed by atoms with van der Waals surface area (Å²) in [6.07, 6.45) is 10.8. The van der Waals surface area contributed by atoms with E-state index in [0.29, 0.717) is 23.7 Å². The predicted octanol–water partition coefficient (Wildman–Crippen LogP) is 3.99. The van der Waals surface area contributed by atoms with Crippen LogP contribution in [0.2, 0.25) is 0 Å². The Hall–Kier alpha value is -1.46. The van der Waals surface area contributed by atoms with Gasteiger partial charge in [0.15, 0.2) is 0 Å². The molecule has 1 aromatic rings. The summed E-state index contributed by atoms with van der Waals surface area (Å²) >= 11 is 0. The molecular formula is C20H24O2. The Kier molecular flexibility index (Phi) is 3.07. The number of aliphatic hydroxyl groups excluding tert-OH is 1. The number of phenolic OH excluding ortho intramolecular Hbond substituents is 1. The lowest BCUT2D eigenvalue weighted by Crippen LogP contribution is -2.42. The van der Waals surface area contributed by atoms with Crippen LogP contribution >= 0.6 is 0 Å². The highest BCUT2D eigenvalue weighted by Gasteiger charge is 2.55. The van der Waals surface area contributed by atoms with Gasteiger partial charge in [0, 0.05) is 5.92 Å². The topological polar surface area (TPSA) is 40.5 Å². The van der Waals surface area contributed by atoms with Crippen LogP contribution in [0.1, 0.15) is 62.2 Å². The molecule has 2 saturated carbocycles. The lowest BCUT2D eigenvalue weighted by molar-refractivity contribution is 0.00783. The van der Waals surface area contributed by atoms with Crippen LogP contribution < -0.4 is 0 Å². The molecule has 0 aliphatic heterocycles. The molecule has 4 rings (SSSR count). The minimum absolute atomic E-state index is 0.254. The number of aromatic hydroxyl groups is 1. The third-order valence-corrected chi connectivity index (χ3v) is 6.96. The molecule has 0 spiro atoms. The smallest absolute Gasteiger partial charge is 0.115 e. The fourth-order valence-corrected chi connectivity index (χ4v) is 5.85. The maximum absolute atomic E-state index is 10.6. The van der Waals surface area contributed by atoms with E-state index in [-0.39, 0.29) is 11.2 Å². The Morgan fingerprint density at radius 2 is 2.05 bits per heavy atom. The summed E-state index contributed by atoms with van der Waals surface area (Å²) in [5.41, 5.74) is 2.45. The first kappa shape index (κ1) is 14.2. The van der Waals surface area contributed by atoms with Crippen LogP contribution in [0.3, 0.4) is 0 Å². The highest BCUT2D eigenvalue weighted by atomic mass is 16.3. The summed E-state index contributed by atoms with van der Waals surface area (Å²) in [5, 5.41) is 20.3. The highest BCUT2D eigenvalue weighted by Crippen LogP contribution is 2.63. The minimum Gasteiger partial charge on any atom is -0.508 e. The standard InChI is InChI=1S/C20H24O2/c1-3-12-4-7-18-16-11-19(22)17-10-13(21)5-6-14(17)15(16)8-9-20(12,18)2/h1,5-6,10,12,15-16,18-19,21-22H,4,7-9,11H2,2H3. The molecule has 2 N–H and O–H groups in total. The molecule has 3 aliphatic carbocycles. The molecule has 0 amide bonds. The van der Waals surface area contributed by atoms with Gasteiger partial charge in [0.1, 0.15) is 5.75 Å². The third-order valence-electron chi connectivity index (χ3n) is 6.96. The molecule has 0 radical (unpaired) electrons. The third kappa shape index (κ3) is 1.78. The number of rotatable bonds is 0. The van der Waals surface area contributed by atoms with E-state index in [1.54, 1.807) is 12.1 Å². The maximum Gasteiger partial charge on any atom is 0.115 e. The van der Waals surface area contributed by atoms with E-state index in [4.69, 9.17) is 6.42 Å². The Balaban J connectivity index is 1.74. The molecule has 2 nitrogen and oxygen atoms in total. The van der Waals surface area contributed by atoms with E-state index >= 15 is 0 Å². The predicted molar refractivity (Wildman–Crippen MR) is 86.3 cm³/mol. The molecule has 22 heavy (non-hydrogen) atoms. The lowest BCUT2D eigenvalue weighted by atomic mass is 9.54. The number of fused-ring (bicyclic) bond motifs is 5. The van der Waals surface area contributed by atoms with Crippen LogP contribution in [0.25, 0.3) is 0 Å². The van der Waals surface area contributed by atoms with Crippen molar-refractivity contribution >= 4 is 0 Å². The second-order valence-corrected chi connectivity index (χ2v) is 7.78. The fourth-order valence-electron chi connectivity index (χ4n) is 5.85. The van der Waals surface area contributed by atoms with Gasteiger partial charge in [-0.3, -0.25) is 0 Å². The van der Waals surface area contributed by atoms with Crippen molar-refractivity contribution < 1.29 is 10.2 Å². The van der Waals surface area contributed by atoms with Crippen LogP contribution in [-0.4, -0.2) is 10.2 Å². The number of hydrogen-bond donors (Lipinski definition) is 2. The first-order valence-electron chi connectivity index (χ1n) is 8.51. The number of terminal acetylenes is 1. The Morgan fingerprint density at radius 3 is 2.82 bits per heavy atom. The summed E-state index contributed by atoms with van der Waals surface area (Å²) in [6.45, 7) is 2.38. The van der Waals surface area contributed by atoms with Gasteiger partial charge in [-0.15, -0.1) is 12.3 Å². The average molecular weight is 296 g/mol. The number of phenols is 1. The lowest BCUT2D eigenvalue weighted by Gasteiger charge is -2.51. The van der Waals surface area contributed by atoms with Crippen molar-refractivity contribution in [2.24, 2.45) is 23.2 Å². The van der Waals surface area contributed by atoms with E-state index < -0.39 is 6.10 Å². The molecule has 0 aromatic heterocycles. The summed E-state index contributed by atoms with van der Waals surface area (Å²) in [4.78, 5) is 0. The average Bonchev–Trinajstić information content (AvgIpc) is 2.84. The summed E-state index contributed by atoms with van der Waals surface area (Å²) in [5.74, 6) is 5.38. The van der Waals surface area contributed by atoms with Crippen molar-refractivity contribution in [3.8, 4) is 18.1 Å². The molecule has 3 aliphatic rings. The zero-order valence-electron chi connectivity index (χ0n) is 13.1. The molecule has 2 fully saturated rings. The first-order valence-corrected chi connectivity index (χ1v) is 8.51. The monoisotopic (exact) mass is 296 g/mol. The molecular weight excluding hydrogens is 272 g/mol. The van der Waals surface area contributed by atoms with Gasteiger partial charge in [-0.05, 0) is 78.5 Å². The van der Waals surface area contributed by atoms with E-state index in [1.165, 1.54) is 18.4 Å². The molecule has 0 saturated heterocycles. The summed E-state index contributed by atoms with van der Waals surface area (Å²) < 4.78 is 0.